The third-order valence-electron chi connectivity index (χ3n) is 2.82. The molecule has 0 radical (unpaired) electrons. The molecule has 2 aromatic carbocycles. The van der Waals surface area contributed by atoms with Crippen molar-refractivity contribution in [1.82, 2.24) is 0 Å². The molecule has 0 spiro atoms. The summed E-state index contributed by atoms with van der Waals surface area (Å²) in [7, 11) is 0. The summed E-state index contributed by atoms with van der Waals surface area (Å²) in [5.74, 6) is -0.778. The van der Waals surface area contributed by atoms with Gasteiger partial charge in [0.2, 0.25) is 0 Å². The van der Waals surface area contributed by atoms with E-state index in [1.54, 1.807) is 0 Å². The average Bonchev–Trinajstić information content (AvgIpc) is 2.41. The quantitative estimate of drug-likeness (QED) is 0.449. The highest BCUT2D eigenvalue weighted by molar-refractivity contribution is 5.85. The maximum Gasteiger partial charge on any atom is 0.166 e. The molecular formula is C15H15NO3. The molecule has 0 aliphatic rings. The Morgan fingerprint density at radius 3 is 2.42 bits per heavy atom. The Bertz CT molecular complexity index is 594. The third kappa shape index (κ3) is 3.04. The zero-order chi connectivity index (χ0) is 13.8. The van der Waals surface area contributed by atoms with E-state index in [0.29, 0.717) is 0 Å². The van der Waals surface area contributed by atoms with Crippen molar-refractivity contribution >= 4 is 6.21 Å². The van der Waals surface area contributed by atoms with E-state index in [2.05, 4.69) is 4.99 Å². The first-order valence-electron chi connectivity index (χ1n) is 5.91. The molecule has 4 nitrogen and oxygen atoms in total. The van der Waals surface area contributed by atoms with Crippen LogP contribution < -0.4 is 0 Å². The van der Waals surface area contributed by atoms with Crippen LogP contribution in [0.15, 0.2) is 47.5 Å². The van der Waals surface area contributed by atoms with E-state index < -0.39 is 0 Å². The van der Waals surface area contributed by atoms with Crippen LogP contribution in [0.1, 0.15) is 24.1 Å². The van der Waals surface area contributed by atoms with Gasteiger partial charge in [-0.15, -0.1) is 0 Å². The van der Waals surface area contributed by atoms with Crippen molar-refractivity contribution in [3.05, 3.63) is 53.6 Å². The molecule has 0 aromatic heterocycles. The minimum absolute atomic E-state index is 0.0786. The minimum Gasteiger partial charge on any atom is -0.508 e. The zero-order valence-corrected chi connectivity index (χ0v) is 10.5. The van der Waals surface area contributed by atoms with E-state index in [4.69, 9.17) is 0 Å². The van der Waals surface area contributed by atoms with Crippen molar-refractivity contribution in [2.45, 2.75) is 13.0 Å². The van der Waals surface area contributed by atoms with Crippen LogP contribution in [0.4, 0.5) is 0 Å². The second-order valence-electron chi connectivity index (χ2n) is 4.27. The number of nitrogens with zero attached hydrogens (tertiary/aromatic N) is 1. The molecule has 0 heterocycles. The lowest BCUT2D eigenvalue weighted by Crippen LogP contribution is -1.91. The lowest BCUT2D eigenvalue weighted by molar-refractivity contribution is 0.396. The van der Waals surface area contributed by atoms with Gasteiger partial charge in [-0.2, -0.15) is 0 Å². The van der Waals surface area contributed by atoms with Gasteiger partial charge in [-0.3, -0.25) is 4.99 Å². The third-order valence-corrected chi connectivity index (χ3v) is 2.82. The number of hydrogen-bond acceptors (Lipinski definition) is 4. The van der Waals surface area contributed by atoms with Gasteiger partial charge in [0.1, 0.15) is 5.75 Å². The fourth-order valence-electron chi connectivity index (χ4n) is 1.73. The van der Waals surface area contributed by atoms with Gasteiger partial charge >= 0.3 is 0 Å². The van der Waals surface area contributed by atoms with Crippen LogP contribution >= 0.6 is 0 Å². The highest BCUT2D eigenvalue weighted by Gasteiger charge is 2.08. The summed E-state index contributed by atoms with van der Waals surface area (Å²) >= 11 is 0. The topological polar surface area (TPSA) is 73.1 Å². The Morgan fingerprint density at radius 2 is 1.74 bits per heavy atom. The van der Waals surface area contributed by atoms with Crippen LogP contribution in [-0.2, 0) is 0 Å². The number of hydrogen-bond donors (Lipinski definition) is 3. The first kappa shape index (κ1) is 13.0. The first-order chi connectivity index (χ1) is 9.08. The summed E-state index contributed by atoms with van der Waals surface area (Å²) in [4.78, 5) is 4.30. The molecule has 0 amide bonds. The molecule has 0 unspecified atom stereocenters. The average molecular weight is 257 g/mol. The Hall–Kier alpha value is -2.49. The highest BCUT2D eigenvalue weighted by Crippen LogP contribution is 2.32. The van der Waals surface area contributed by atoms with E-state index >= 15 is 0 Å². The van der Waals surface area contributed by atoms with Crippen molar-refractivity contribution in [2.24, 2.45) is 4.99 Å². The lowest BCUT2D eigenvalue weighted by Gasteiger charge is -2.07. The van der Waals surface area contributed by atoms with Gasteiger partial charge in [0.25, 0.3) is 0 Å². The van der Waals surface area contributed by atoms with E-state index in [-0.39, 0.29) is 28.9 Å². The molecule has 0 aliphatic heterocycles. The normalized spacial score (nSPS) is 12.7. The number of rotatable bonds is 3. The summed E-state index contributed by atoms with van der Waals surface area (Å²) in [6.45, 7) is 1.92. The smallest absolute Gasteiger partial charge is 0.166 e. The van der Waals surface area contributed by atoms with Crippen LogP contribution in [0.3, 0.4) is 0 Å². The maximum absolute atomic E-state index is 9.65. The molecule has 0 saturated carbocycles. The number of phenolic OH excluding ortho intramolecular Hbond substituents is 3. The summed E-state index contributed by atoms with van der Waals surface area (Å²) in [5.41, 5.74) is 1.32. The molecule has 19 heavy (non-hydrogen) atoms. The van der Waals surface area contributed by atoms with Gasteiger partial charge in [0.05, 0.1) is 6.04 Å². The van der Waals surface area contributed by atoms with Crippen molar-refractivity contribution < 1.29 is 15.3 Å². The Labute approximate surface area is 111 Å². The molecule has 2 rings (SSSR count). The molecule has 4 heteroatoms. The van der Waals surface area contributed by atoms with Crippen molar-refractivity contribution in [1.29, 1.82) is 0 Å². The van der Waals surface area contributed by atoms with Gasteiger partial charge in [-0.25, -0.2) is 0 Å². The molecule has 98 valence electrons. The molecular weight excluding hydrogens is 242 g/mol. The van der Waals surface area contributed by atoms with E-state index in [9.17, 15) is 15.3 Å². The van der Waals surface area contributed by atoms with Crippen LogP contribution in [0.2, 0.25) is 0 Å². The van der Waals surface area contributed by atoms with Gasteiger partial charge < -0.3 is 15.3 Å². The minimum atomic E-state index is -0.367. The summed E-state index contributed by atoms with van der Waals surface area (Å²) < 4.78 is 0. The molecule has 0 saturated heterocycles. The SMILES string of the molecule is C[C@@H](N=Cc1cc(O)cc(O)c1O)c1ccccc1. The molecule has 0 fully saturated rings. The second kappa shape index (κ2) is 5.44. The molecule has 2 aromatic rings. The van der Waals surface area contributed by atoms with Crippen LogP contribution in [0.5, 0.6) is 17.2 Å². The molecule has 0 aliphatic carbocycles. The van der Waals surface area contributed by atoms with Crippen molar-refractivity contribution in [2.75, 3.05) is 0 Å². The Kier molecular flexibility index (Phi) is 3.71. The van der Waals surface area contributed by atoms with E-state index in [0.717, 1.165) is 11.6 Å². The van der Waals surface area contributed by atoms with Gasteiger partial charge in [-0.05, 0) is 18.6 Å². The van der Waals surface area contributed by atoms with Gasteiger partial charge in [0.15, 0.2) is 11.5 Å². The molecule has 3 N–H and O–H groups in total. The van der Waals surface area contributed by atoms with Crippen molar-refractivity contribution in [3.8, 4) is 17.2 Å². The fourth-order valence-corrected chi connectivity index (χ4v) is 1.73. The largest absolute Gasteiger partial charge is 0.508 e. The summed E-state index contributed by atoms with van der Waals surface area (Å²) in [5, 5.41) is 28.4. The van der Waals surface area contributed by atoms with Crippen molar-refractivity contribution in [3.63, 3.8) is 0 Å². The molecule has 1 atom stereocenters. The number of aliphatic imine (C=N–C) groups is 1. The summed E-state index contributed by atoms with van der Waals surface area (Å²) in [6, 6.07) is 12.1. The van der Waals surface area contributed by atoms with Gasteiger partial charge in [-0.1, -0.05) is 30.3 Å². The predicted octanol–water partition coefficient (Wildman–Crippen LogP) is 2.98. The summed E-state index contributed by atoms with van der Waals surface area (Å²) in [6.07, 6.45) is 1.44. The number of phenols is 3. The second-order valence-corrected chi connectivity index (χ2v) is 4.27. The number of aromatic hydroxyl groups is 3. The predicted molar refractivity (Wildman–Crippen MR) is 73.9 cm³/mol. The Morgan fingerprint density at radius 1 is 1.05 bits per heavy atom. The zero-order valence-electron chi connectivity index (χ0n) is 10.5. The Balaban J connectivity index is 2.24. The van der Waals surface area contributed by atoms with Crippen LogP contribution in [0.25, 0.3) is 0 Å². The van der Waals surface area contributed by atoms with E-state index in [1.165, 1.54) is 12.3 Å². The lowest BCUT2D eigenvalue weighted by atomic mass is 10.1. The van der Waals surface area contributed by atoms with E-state index in [1.807, 2.05) is 37.3 Å². The monoisotopic (exact) mass is 257 g/mol. The molecule has 0 bridgehead atoms. The standard InChI is InChI=1S/C15H15NO3/c1-10(11-5-3-2-4-6-11)16-9-12-7-13(17)8-14(18)15(12)19/h2-10,17-19H,1H3/t10-/m1/s1. The fraction of sp³-hybridized carbons (Fsp3) is 0.133. The van der Waals surface area contributed by atoms with Gasteiger partial charge in [0, 0.05) is 17.8 Å². The number of benzene rings is 2. The highest BCUT2D eigenvalue weighted by atomic mass is 16.3. The van der Waals surface area contributed by atoms with Crippen LogP contribution in [0, 0.1) is 0 Å². The van der Waals surface area contributed by atoms with Crippen LogP contribution in [-0.4, -0.2) is 21.5 Å². The first-order valence-corrected chi connectivity index (χ1v) is 5.91. The maximum atomic E-state index is 9.65.